The van der Waals surface area contributed by atoms with Crippen LogP contribution >= 0.6 is 11.8 Å². The van der Waals surface area contributed by atoms with E-state index in [9.17, 15) is 14.4 Å². The molecular formula is C21H21N3O4S. The molecule has 0 saturated heterocycles. The quantitative estimate of drug-likeness (QED) is 0.495. The molecule has 0 radical (unpaired) electrons. The molecule has 1 aromatic heterocycles. The van der Waals surface area contributed by atoms with Crippen LogP contribution in [-0.4, -0.2) is 34.2 Å². The van der Waals surface area contributed by atoms with Gasteiger partial charge in [0, 0.05) is 6.04 Å². The minimum Gasteiger partial charge on any atom is -0.496 e. The van der Waals surface area contributed by atoms with E-state index in [1.807, 2.05) is 19.9 Å². The molecule has 0 aliphatic heterocycles. The number of thioether (sulfide) groups is 1. The van der Waals surface area contributed by atoms with Crippen LogP contribution in [0.15, 0.2) is 58.5 Å². The van der Waals surface area contributed by atoms with Crippen LogP contribution in [0.4, 0.5) is 0 Å². The van der Waals surface area contributed by atoms with Crippen LogP contribution in [-0.2, 0) is 4.79 Å². The van der Waals surface area contributed by atoms with Crippen LogP contribution in [0.5, 0.6) is 5.75 Å². The molecule has 0 aliphatic rings. The molecule has 8 heteroatoms. The highest BCUT2D eigenvalue weighted by Gasteiger charge is 2.18. The molecule has 0 unspecified atom stereocenters. The number of methoxy groups -OCH3 is 1. The normalized spacial score (nSPS) is 10.9. The highest BCUT2D eigenvalue weighted by molar-refractivity contribution is 7.99. The van der Waals surface area contributed by atoms with E-state index in [1.165, 1.54) is 7.11 Å². The molecule has 2 aromatic carbocycles. The Kier molecular flexibility index (Phi) is 6.33. The number of carbonyl (C=O) groups is 2. The molecule has 0 atom stereocenters. The number of imide groups is 1. The number of para-hydroxylation sites is 2. The summed E-state index contributed by atoms with van der Waals surface area (Å²) in [5.41, 5.74) is 0.692. The smallest absolute Gasteiger partial charge is 0.262 e. The van der Waals surface area contributed by atoms with Gasteiger partial charge in [-0.2, -0.15) is 0 Å². The molecule has 0 aliphatic carbocycles. The zero-order chi connectivity index (χ0) is 21.0. The molecular weight excluding hydrogens is 390 g/mol. The number of hydrogen-bond donors (Lipinski definition) is 1. The second-order valence-electron chi connectivity index (χ2n) is 6.55. The molecule has 150 valence electrons. The highest BCUT2D eigenvalue weighted by atomic mass is 32.2. The van der Waals surface area contributed by atoms with Gasteiger partial charge in [0.05, 0.1) is 29.3 Å². The average molecular weight is 411 g/mol. The van der Waals surface area contributed by atoms with Crippen molar-refractivity contribution in [2.45, 2.75) is 25.0 Å². The van der Waals surface area contributed by atoms with Gasteiger partial charge in [0.2, 0.25) is 5.91 Å². The van der Waals surface area contributed by atoms with Gasteiger partial charge < -0.3 is 4.74 Å². The maximum absolute atomic E-state index is 12.8. The standard InChI is InChI=1S/C21H21N3O4S/c1-13(2)24-20(27)14-8-4-6-10-16(14)22-21(24)29-12-18(25)23-19(26)15-9-5-7-11-17(15)28-3/h4-11,13H,12H2,1-3H3,(H,23,25,26). The fourth-order valence-electron chi connectivity index (χ4n) is 2.88. The molecule has 2 amide bonds. The molecule has 3 rings (SSSR count). The van der Waals surface area contributed by atoms with Crippen LogP contribution in [0.1, 0.15) is 30.2 Å². The first kappa shape index (κ1) is 20.6. The summed E-state index contributed by atoms with van der Waals surface area (Å²) in [6.45, 7) is 3.76. The lowest BCUT2D eigenvalue weighted by Crippen LogP contribution is -2.32. The summed E-state index contributed by atoms with van der Waals surface area (Å²) in [6.07, 6.45) is 0. The van der Waals surface area contributed by atoms with Crippen molar-refractivity contribution < 1.29 is 14.3 Å². The zero-order valence-corrected chi connectivity index (χ0v) is 17.2. The highest BCUT2D eigenvalue weighted by Crippen LogP contribution is 2.21. The van der Waals surface area contributed by atoms with Crippen molar-refractivity contribution in [3.8, 4) is 5.75 Å². The Hall–Kier alpha value is -3.13. The van der Waals surface area contributed by atoms with E-state index in [0.29, 0.717) is 21.8 Å². The van der Waals surface area contributed by atoms with Gasteiger partial charge in [0.1, 0.15) is 5.75 Å². The van der Waals surface area contributed by atoms with Crippen molar-refractivity contribution in [2.24, 2.45) is 0 Å². The minimum absolute atomic E-state index is 0.0572. The van der Waals surface area contributed by atoms with Crippen molar-refractivity contribution >= 4 is 34.5 Å². The summed E-state index contributed by atoms with van der Waals surface area (Å²) in [6, 6.07) is 13.6. The lowest BCUT2D eigenvalue weighted by atomic mass is 10.2. The zero-order valence-electron chi connectivity index (χ0n) is 16.3. The summed E-state index contributed by atoms with van der Waals surface area (Å²) in [7, 11) is 1.46. The summed E-state index contributed by atoms with van der Waals surface area (Å²) >= 11 is 1.12. The molecule has 0 fully saturated rings. The first-order valence-electron chi connectivity index (χ1n) is 9.03. The van der Waals surface area contributed by atoms with Crippen molar-refractivity contribution in [3.05, 3.63) is 64.4 Å². The molecule has 1 heterocycles. The van der Waals surface area contributed by atoms with Crippen LogP contribution in [0.3, 0.4) is 0 Å². The maximum Gasteiger partial charge on any atom is 0.262 e. The third-order valence-corrected chi connectivity index (χ3v) is 5.18. The number of aromatic nitrogens is 2. The fraction of sp³-hybridized carbons (Fsp3) is 0.238. The topological polar surface area (TPSA) is 90.3 Å². The predicted octanol–water partition coefficient (Wildman–Crippen LogP) is 3.03. The van der Waals surface area contributed by atoms with Gasteiger partial charge in [0.25, 0.3) is 11.5 Å². The summed E-state index contributed by atoms with van der Waals surface area (Å²) in [4.78, 5) is 42.0. The summed E-state index contributed by atoms with van der Waals surface area (Å²) in [5, 5.41) is 3.31. The van der Waals surface area contributed by atoms with Gasteiger partial charge in [-0.25, -0.2) is 4.98 Å². The lowest BCUT2D eigenvalue weighted by molar-refractivity contribution is -0.117. The molecule has 0 bridgehead atoms. The van der Waals surface area contributed by atoms with E-state index in [1.54, 1.807) is 47.0 Å². The Balaban J connectivity index is 1.78. The third kappa shape index (κ3) is 4.48. The largest absolute Gasteiger partial charge is 0.496 e. The summed E-state index contributed by atoms with van der Waals surface area (Å²) in [5.74, 6) is -0.696. The van der Waals surface area contributed by atoms with Crippen molar-refractivity contribution in [1.29, 1.82) is 0 Å². The van der Waals surface area contributed by atoms with E-state index in [2.05, 4.69) is 10.3 Å². The summed E-state index contributed by atoms with van der Waals surface area (Å²) < 4.78 is 6.71. The van der Waals surface area contributed by atoms with Gasteiger partial charge >= 0.3 is 0 Å². The number of benzene rings is 2. The molecule has 0 saturated carbocycles. The number of hydrogen-bond acceptors (Lipinski definition) is 6. The monoisotopic (exact) mass is 411 g/mol. The number of nitrogens with zero attached hydrogens (tertiary/aromatic N) is 2. The van der Waals surface area contributed by atoms with E-state index < -0.39 is 11.8 Å². The fourth-order valence-corrected chi connectivity index (χ4v) is 3.80. The van der Waals surface area contributed by atoms with Gasteiger partial charge in [0.15, 0.2) is 5.16 Å². The lowest BCUT2D eigenvalue weighted by Gasteiger charge is -2.16. The van der Waals surface area contributed by atoms with Gasteiger partial charge in [-0.3, -0.25) is 24.3 Å². The second-order valence-corrected chi connectivity index (χ2v) is 7.49. The SMILES string of the molecule is COc1ccccc1C(=O)NC(=O)CSc1nc2ccccc2c(=O)n1C(C)C. The number of amides is 2. The number of fused-ring (bicyclic) bond motifs is 1. The maximum atomic E-state index is 12.8. The first-order valence-corrected chi connectivity index (χ1v) is 10.0. The first-order chi connectivity index (χ1) is 13.9. The number of ether oxygens (including phenoxy) is 1. The Morgan fingerprint density at radius 1 is 1.14 bits per heavy atom. The van der Waals surface area contributed by atoms with E-state index >= 15 is 0 Å². The molecule has 7 nitrogen and oxygen atoms in total. The van der Waals surface area contributed by atoms with Crippen molar-refractivity contribution in [2.75, 3.05) is 12.9 Å². The van der Waals surface area contributed by atoms with Gasteiger partial charge in [-0.05, 0) is 38.1 Å². The van der Waals surface area contributed by atoms with E-state index in [0.717, 1.165) is 11.8 Å². The third-order valence-electron chi connectivity index (χ3n) is 4.23. The minimum atomic E-state index is -0.541. The van der Waals surface area contributed by atoms with Gasteiger partial charge in [-0.15, -0.1) is 0 Å². The van der Waals surface area contributed by atoms with E-state index in [-0.39, 0.29) is 22.9 Å². The van der Waals surface area contributed by atoms with Crippen LogP contribution in [0.25, 0.3) is 10.9 Å². The van der Waals surface area contributed by atoms with E-state index in [4.69, 9.17) is 4.74 Å². The predicted molar refractivity (Wildman–Crippen MR) is 113 cm³/mol. The van der Waals surface area contributed by atoms with Crippen LogP contribution in [0.2, 0.25) is 0 Å². The average Bonchev–Trinajstić information content (AvgIpc) is 2.72. The Morgan fingerprint density at radius 2 is 1.83 bits per heavy atom. The van der Waals surface area contributed by atoms with Crippen molar-refractivity contribution in [3.63, 3.8) is 0 Å². The number of rotatable bonds is 6. The number of nitrogens with one attached hydrogen (secondary N) is 1. The molecule has 29 heavy (non-hydrogen) atoms. The van der Waals surface area contributed by atoms with Crippen molar-refractivity contribution in [1.82, 2.24) is 14.9 Å². The van der Waals surface area contributed by atoms with Gasteiger partial charge in [-0.1, -0.05) is 36.0 Å². The second kappa shape index (κ2) is 8.91. The molecule has 0 spiro atoms. The van der Waals surface area contributed by atoms with Crippen LogP contribution < -0.4 is 15.6 Å². The Morgan fingerprint density at radius 3 is 2.55 bits per heavy atom. The molecule has 3 aromatic rings. The Labute approximate surface area is 172 Å². The number of carbonyl (C=O) groups excluding carboxylic acids is 2. The Bertz CT molecular complexity index is 1120. The van der Waals surface area contributed by atoms with Crippen LogP contribution in [0, 0.1) is 0 Å². The molecule has 1 N–H and O–H groups in total.